The highest BCUT2D eigenvalue weighted by molar-refractivity contribution is 8.00. The Kier molecular flexibility index (Phi) is 5.36. The van der Waals surface area contributed by atoms with Crippen LogP contribution in [0, 0.1) is 0 Å². The number of rotatable bonds is 6. The highest BCUT2D eigenvalue weighted by atomic mass is 32.2. The number of hydrogen-bond acceptors (Lipinski definition) is 4. The average Bonchev–Trinajstić information content (AvgIpc) is 2.73. The zero-order chi connectivity index (χ0) is 11.3. The maximum atomic E-state index is 11.7. The van der Waals surface area contributed by atoms with Crippen molar-refractivity contribution in [2.75, 3.05) is 12.4 Å². The minimum atomic E-state index is 0.128. The standard InChI is InChI=1S/C11H16O2S2/c1-3-9-4-5-11(15-9)10(13)7-14-8(2)6-12/h4-5,8,12H,3,6-7H2,1-2H3. The van der Waals surface area contributed by atoms with E-state index in [2.05, 4.69) is 6.92 Å². The topological polar surface area (TPSA) is 37.3 Å². The molecule has 0 aliphatic carbocycles. The zero-order valence-corrected chi connectivity index (χ0v) is 10.7. The van der Waals surface area contributed by atoms with Crippen molar-refractivity contribution in [2.45, 2.75) is 25.5 Å². The van der Waals surface area contributed by atoms with Crippen LogP contribution in [0.4, 0.5) is 0 Å². The highest BCUT2D eigenvalue weighted by Crippen LogP contribution is 2.20. The summed E-state index contributed by atoms with van der Waals surface area (Å²) in [6, 6.07) is 3.91. The molecule has 4 heteroatoms. The van der Waals surface area contributed by atoms with Crippen molar-refractivity contribution in [3.63, 3.8) is 0 Å². The Bertz CT molecular complexity index is 320. The molecule has 0 spiro atoms. The SMILES string of the molecule is CCc1ccc(C(=O)CSC(C)CO)s1. The van der Waals surface area contributed by atoms with Gasteiger partial charge in [0.25, 0.3) is 0 Å². The van der Waals surface area contributed by atoms with Crippen LogP contribution in [0.2, 0.25) is 0 Å². The number of aliphatic hydroxyl groups excluding tert-OH is 1. The largest absolute Gasteiger partial charge is 0.395 e. The molecule has 15 heavy (non-hydrogen) atoms. The third-order valence-corrected chi connectivity index (χ3v) is 4.46. The van der Waals surface area contributed by atoms with Gasteiger partial charge in [-0.3, -0.25) is 4.79 Å². The minimum Gasteiger partial charge on any atom is -0.395 e. The van der Waals surface area contributed by atoms with Crippen molar-refractivity contribution in [1.82, 2.24) is 0 Å². The van der Waals surface area contributed by atoms with Gasteiger partial charge in [0.2, 0.25) is 0 Å². The molecule has 0 saturated carbocycles. The highest BCUT2D eigenvalue weighted by Gasteiger charge is 2.10. The van der Waals surface area contributed by atoms with E-state index < -0.39 is 0 Å². The van der Waals surface area contributed by atoms with Gasteiger partial charge < -0.3 is 5.11 Å². The van der Waals surface area contributed by atoms with Gasteiger partial charge >= 0.3 is 0 Å². The molecule has 1 aromatic heterocycles. The third-order valence-electron chi connectivity index (χ3n) is 2.04. The average molecular weight is 244 g/mol. The molecule has 0 bridgehead atoms. The maximum absolute atomic E-state index is 11.7. The van der Waals surface area contributed by atoms with Gasteiger partial charge in [-0.15, -0.1) is 23.1 Å². The normalized spacial score (nSPS) is 12.7. The molecule has 2 nitrogen and oxygen atoms in total. The van der Waals surface area contributed by atoms with Crippen LogP contribution in [0.15, 0.2) is 12.1 Å². The van der Waals surface area contributed by atoms with E-state index in [1.807, 2.05) is 19.1 Å². The predicted molar refractivity (Wildman–Crippen MR) is 67.0 cm³/mol. The Hall–Kier alpha value is -0.320. The molecular formula is C11H16O2S2. The fraction of sp³-hybridized carbons (Fsp3) is 0.545. The molecule has 1 aromatic rings. The van der Waals surface area contributed by atoms with Crippen LogP contribution >= 0.6 is 23.1 Å². The van der Waals surface area contributed by atoms with Gasteiger partial charge in [0.05, 0.1) is 17.2 Å². The second-order valence-corrected chi connectivity index (χ2v) is 5.94. The molecule has 0 fully saturated rings. The van der Waals surface area contributed by atoms with Crippen LogP contribution < -0.4 is 0 Å². The molecule has 1 rings (SSSR count). The number of carbonyl (C=O) groups is 1. The summed E-state index contributed by atoms with van der Waals surface area (Å²) in [5, 5.41) is 8.97. The van der Waals surface area contributed by atoms with Crippen LogP contribution in [0.1, 0.15) is 28.4 Å². The Morgan fingerprint density at radius 1 is 1.60 bits per heavy atom. The smallest absolute Gasteiger partial charge is 0.182 e. The number of ketones is 1. The summed E-state index contributed by atoms with van der Waals surface area (Å²) in [4.78, 5) is 13.8. The predicted octanol–water partition coefficient (Wildman–Crippen LogP) is 2.61. The lowest BCUT2D eigenvalue weighted by molar-refractivity contribution is 0.102. The van der Waals surface area contributed by atoms with Crippen LogP contribution in [0.3, 0.4) is 0 Å². The first-order valence-corrected chi connectivity index (χ1v) is 6.88. The summed E-state index contributed by atoms with van der Waals surface area (Å²) in [5.41, 5.74) is 0. The molecule has 0 amide bonds. The van der Waals surface area contributed by atoms with Crippen molar-refractivity contribution in [1.29, 1.82) is 0 Å². The Labute approximate surface area is 98.7 Å². The van der Waals surface area contributed by atoms with Gasteiger partial charge in [-0.05, 0) is 18.6 Å². The molecule has 0 radical (unpaired) electrons. The maximum Gasteiger partial charge on any atom is 0.182 e. The van der Waals surface area contributed by atoms with Crippen LogP contribution in [0.5, 0.6) is 0 Å². The van der Waals surface area contributed by atoms with Crippen LogP contribution in [0.25, 0.3) is 0 Å². The second-order valence-electron chi connectivity index (χ2n) is 3.35. The van der Waals surface area contributed by atoms with E-state index in [4.69, 9.17) is 5.11 Å². The molecule has 0 aromatic carbocycles. The molecule has 0 aliphatic rings. The Balaban J connectivity index is 2.46. The summed E-state index contributed by atoms with van der Waals surface area (Å²) in [6.07, 6.45) is 0.984. The first kappa shape index (κ1) is 12.7. The fourth-order valence-corrected chi connectivity index (χ4v) is 2.73. The van der Waals surface area contributed by atoms with Crippen LogP contribution in [-0.4, -0.2) is 28.5 Å². The van der Waals surface area contributed by atoms with Crippen molar-refractivity contribution in [2.24, 2.45) is 0 Å². The third kappa shape index (κ3) is 3.97. The number of hydrogen-bond donors (Lipinski definition) is 1. The van der Waals surface area contributed by atoms with E-state index >= 15 is 0 Å². The van der Waals surface area contributed by atoms with Crippen molar-refractivity contribution < 1.29 is 9.90 Å². The van der Waals surface area contributed by atoms with Crippen molar-refractivity contribution >= 4 is 28.9 Å². The molecule has 0 saturated heterocycles. The van der Waals surface area contributed by atoms with E-state index in [0.717, 1.165) is 11.3 Å². The molecule has 0 aliphatic heterocycles. The lowest BCUT2D eigenvalue weighted by Crippen LogP contribution is -2.08. The van der Waals surface area contributed by atoms with E-state index in [0.29, 0.717) is 5.75 Å². The number of aliphatic hydroxyl groups is 1. The van der Waals surface area contributed by atoms with Crippen LogP contribution in [-0.2, 0) is 6.42 Å². The quantitative estimate of drug-likeness (QED) is 0.782. The number of aryl methyl sites for hydroxylation is 1. The molecule has 84 valence electrons. The number of thiophene rings is 1. The Morgan fingerprint density at radius 2 is 2.33 bits per heavy atom. The lowest BCUT2D eigenvalue weighted by Gasteiger charge is -2.05. The van der Waals surface area contributed by atoms with Crippen molar-refractivity contribution in [3.8, 4) is 0 Å². The van der Waals surface area contributed by atoms with E-state index in [1.54, 1.807) is 11.3 Å². The molecule has 1 unspecified atom stereocenters. The van der Waals surface area contributed by atoms with E-state index in [1.165, 1.54) is 16.6 Å². The van der Waals surface area contributed by atoms with Gasteiger partial charge in [-0.25, -0.2) is 0 Å². The van der Waals surface area contributed by atoms with Gasteiger partial charge in [0.1, 0.15) is 0 Å². The van der Waals surface area contributed by atoms with Gasteiger partial charge in [-0.2, -0.15) is 0 Å². The molecule has 1 heterocycles. The first-order valence-electron chi connectivity index (χ1n) is 5.01. The number of Topliss-reactive ketones (excluding diaryl/α,β-unsaturated/α-hetero) is 1. The van der Waals surface area contributed by atoms with Gasteiger partial charge in [0.15, 0.2) is 5.78 Å². The summed E-state index contributed by atoms with van der Waals surface area (Å²) in [6.45, 7) is 4.13. The summed E-state index contributed by atoms with van der Waals surface area (Å²) < 4.78 is 0. The summed E-state index contributed by atoms with van der Waals surface area (Å²) in [5.74, 6) is 0.635. The fourth-order valence-electron chi connectivity index (χ4n) is 1.06. The molecular weight excluding hydrogens is 228 g/mol. The minimum absolute atomic E-state index is 0.128. The summed E-state index contributed by atoms with van der Waals surface area (Å²) >= 11 is 3.08. The molecule has 1 atom stereocenters. The number of carbonyl (C=O) groups excluding carboxylic acids is 1. The monoisotopic (exact) mass is 244 g/mol. The molecule has 1 N–H and O–H groups in total. The lowest BCUT2D eigenvalue weighted by atomic mass is 10.3. The first-order chi connectivity index (χ1) is 7.17. The summed E-state index contributed by atoms with van der Waals surface area (Å²) in [7, 11) is 0. The van der Waals surface area contributed by atoms with Gasteiger partial charge in [0, 0.05) is 10.1 Å². The van der Waals surface area contributed by atoms with E-state index in [9.17, 15) is 4.79 Å². The number of thioether (sulfide) groups is 1. The Morgan fingerprint density at radius 3 is 2.87 bits per heavy atom. The van der Waals surface area contributed by atoms with E-state index in [-0.39, 0.29) is 17.6 Å². The van der Waals surface area contributed by atoms with Crippen molar-refractivity contribution in [3.05, 3.63) is 21.9 Å². The zero-order valence-electron chi connectivity index (χ0n) is 9.03. The second kappa shape index (κ2) is 6.30. The van der Waals surface area contributed by atoms with Gasteiger partial charge in [-0.1, -0.05) is 13.8 Å².